The molecule has 3 nitrogen and oxygen atoms in total. The number of fused-ring (bicyclic) bond motifs is 1. The van der Waals surface area contributed by atoms with Crippen molar-refractivity contribution < 1.29 is 9.47 Å². The molecule has 1 atom stereocenters. The predicted molar refractivity (Wildman–Crippen MR) is 88.1 cm³/mol. The molecule has 21 heavy (non-hydrogen) atoms. The zero-order chi connectivity index (χ0) is 15.6. The van der Waals surface area contributed by atoms with Gasteiger partial charge in [0, 0.05) is 23.2 Å². The summed E-state index contributed by atoms with van der Waals surface area (Å²) in [5.74, 6) is 1.80. The van der Waals surface area contributed by atoms with Gasteiger partial charge >= 0.3 is 0 Å². The van der Waals surface area contributed by atoms with E-state index in [-0.39, 0.29) is 5.60 Å². The maximum absolute atomic E-state index is 6.03. The first-order valence-electron chi connectivity index (χ1n) is 7.76. The monoisotopic (exact) mass is 289 g/mol. The Morgan fingerprint density at radius 2 is 1.90 bits per heavy atom. The van der Waals surface area contributed by atoms with E-state index in [2.05, 4.69) is 57.7 Å². The van der Waals surface area contributed by atoms with E-state index in [1.54, 1.807) is 7.11 Å². The molecule has 0 bridgehead atoms. The molecular weight excluding hydrogens is 262 g/mol. The smallest absolute Gasteiger partial charge is 0.131 e. The maximum Gasteiger partial charge on any atom is 0.131 e. The van der Waals surface area contributed by atoms with Gasteiger partial charge in [-0.1, -0.05) is 19.9 Å². The summed E-state index contributed by atoms with van der Waals surface area (Å²) in [6.45, 7) is 12.8. The number of methoxy groups -OCH3 is 1. The van der Waals surface area contributed by atoms with Gasteiger partial charge in [0.25, 0.3) is 0 Å². The van der Waals surface area contributed by atoms with Crippen LogP contribution in [0, 0.1) is 0 Å². The predicted octanol–water partition coefficient (Wildman–Crippen LogP) is 4.28. The first-order chi connectivity index (χ1) is 9.91. The van der Waals surface area contributed by atoms with E-state index in [0.717, 1.165) is 30.2 Å². The van der Waals surface area contributed by atoms with E-state index in [1.165, 1.54) is 5.56 Å². The number of hydrogen-bond donors (Lipinski definition) is 0. The second-order valence-corrected chi connectivity index (χ2v) is 6.07. The van der Waals surface area contributed by atoms with Crippen molar-refractivity contribution in [2.45, 2.75) is 46.3 Å². The Morgan fingerprint density at radius 1 is 1.24 bits per heavy atom. The van der Waals surface area contributed by atoms with Crippen molar-refractivity contribution in [1.82, 2.24) is 4.90 Å². The molecule has 0 saturated carbocycles. The third-order valence-electron chi connectivity index (χ3n) is 4.21. The van der Waals surface area contributed by atoms with Gasteiger partial charge in [-0.25, -0.2) is 0 Å². The maximum atomic E-state index is 6.03. The molecule has 1 aromatic carbocycles. The molecule has 0 fully saturated rings. The number of ether oxygens (including phenoxy) is 2. The second kappa shape index (κ2) is 6.10. The molecule has 1 aliphatic heterocycles. The molecule has 1 unspecified atom stereocenters. The van der Waals surface area contributed by atoms with Crippen LogP contribution in [-0.2, 0) is 0 Å². The topological polar surface area (TPSA) is 21.7 Å². The SMILES string of the molecule is CCN(CC)C(C)c1cc2c(cc1OC)OC(C)(C)C=C2. The average molecular weight is 289 g/mol. The van der Waals surface area contributed by atoms with Crippen molar-refractivity contribution in [3.8, 4) is 11.5 Å². The highest BCUT2D eigenvalue weighted by atomic mass is 16.5. The van der Waals surface area contributed by atoms with Gasteiger partial charge in [0.1, 0.15) is 17.1 Å². The molecule has 0 amide bonds. The number of hydrogen-bond acceptors (Lipinski definition) is 3. The molecule has 0 spiro atoms. The Hall–Kier alpha value is -1.48. The highest BCUT2D eigenvalue weighted by Crippen LogP contribution is 2.39. The Bertz CT molecular complexity index is 530. The molecule has 0 aromatic heterocycles. The number of rotatable bonds is 5. The Balaban J connectivity index is 2.44. The first-order valence-corrected chi connectivity index (χ1v) is 7.76. The normalized spacial score (nSPS) is 17.3. The fourth-order valence-corrected chi connectivity index (χ4v) is 2.89. The zero-order valence-corrected chi connectivity index (χ0v) is 14.1. The van der Waals surface area contributed by atoms with E-state index in [4.69, 9.17) is 9.47 Å². The summed E-state index contributed by atoms with van der Waals surface area (Å²) in [6.07, 6.45) is 4.25. The number of benzene rings is 1. The van der Waals surface area contributed by atoms with E-state index in [1.807, 2.05) is 6.07 Å². The van der Waals surface area contributed by atoms with Crippen LogP contribution in [0.1, 0.15) is 51.8 Å². The van der Waals surface area contributed by atoms with E-state index in [0.29, 0.717) is 6.04 Å². The minimum atomic E-state index is -0.260. The van der Waals surface area contributed by atoms with Crippen molar-refractivity contribution in [3.63, 3.8) is 0 Å². The molecular formula is C18H27NO2. The standard InChI is InChI=1S/C18H27NO2/c1-7-19(8-2)13(3)15-11-14-9-10-18(4,5)21-16(14)12-17(15)20-6/h9-13H,7-8H2,1-6H3. The summed E-state index contributed by atoms with van der Waals surface area (Å²) >= 11 is 0. The van der Waals surface area contributed by atoms with E-state index in [9.17, 15) is 0 Å². The van der Waals surface area contributed by atoms with Crippen LogP contribution in [0.15, 0.2) is 18.2 Å². The molecule has 3 heteroatoms. The van der Waals surface area contributed by atoms with Gasteiger partial charge in [0.15, 0.2) is 0 Å². The third-order valence-corrected chi connectivity index (χ3v) is 4.21. The second-order valence-electron chi connectivity index (χ2n) is 6.07. The number of nitrogens with zero attached hydrogens (tertiary/aromatic N) is 1. The zero-order valence-electron chi connectivity index (χ0n) is 14.1. The van der Waals surface area contributed by atoms with Crippen LogP contribution in [0.4, 0.5) is 0 Å². The molecule has 0 radical (unpaired) electrons. The lowest BCUT2D eigenvalue weighted by Crippen LogP contribution is -2.28. The van der Waals surface area contributed by atoms with Gasteiger partial charge in [0.2, 0.25) is 0 Å². The van der Waals surface area contributed by atoms with Crippen molar-refractivity contribution in [2.24, 2.45) is 0 Å². The van der Waals surface area contributed by atoms with Crippen LogP contribution in [0.3, 0.4) is 0 Å². The molecule has 1 aromatic rings. The van der Waals surface area contributed by atoms with Gasteiger partial charge in [-0.2, -0.15) is 0 Å². The van der Waals surface area contributed by atoms with Gasteiger partial charge in [-0.05, 0) is 46.0 Å². The van der Waals surface area contributed by atoms with Crippen LogP contribution < -0.4 is 9.47 Å². The average Bonchev–Trinajstić information content (AvgIpc) is 2.46. The summed E-state index contributed by atoms with van der Waals surface area (Å²) in [5.41, 5.74) is 2.08. The Labute approximate surface area is 128 Å². The summed E-state index contributed by atoms with van der Waals surface area (Å²) in [7, 11) is 1.73. The fraction of sp³-hybridized carbons (Fsp3) is 0.556. The lowest BCUT2D eigenvalue weighted by molar-refractivity contribution is 0.158. The lowest BCUT2D eigenvalue weighted by Gasteiger charge is -2.31. The van der Waals surface area contributed by atoms with Crippen LogP contribution in [0.2, 0.25) is 0 Å². The summed E-state index contributed by atoms with van der Waals surface area (Å²) in [4.78, 5) is 2.42. The van der Waals surface area contributed by atoms with Gasteiger partial charge in [0.05, 0.1) is 7.11 Å². The molecule has 116 valence electrons. The van der Waals surface area contributed by atoms with Crippen molar-refractivity contribution in [2.75, 3.05) is 20.2 Å². The highest BCUT2D eigenvalue weighted by Gasteiger charge is 2.25. The van der Waals surface area contributed by atoms with Crippen LogP contribution >= 0.6 is 0 Å². The minimum Gasteiger partial charge on any atom is -0.496 e. The molecule has 0 N–H and O–H groups in total. The van der Waals surface area contributed by atoms with Crippen LogP contribution in [-0.4, -0.2) is 30.7 Å². The van der Waals surface area contributed by atoms with Gasteiger partial charge in [-0.3, -0.25) is 4.90 Å². The van der Waals surface area contributed by atoms with E-state index >= 15 is 0 Å². The molecule has 1 aliphatic rings. The third kappa shape index (κ3) is 3.24. The largest absolute Gasteiger partial charge is 0.496 e. The van der Waals surface area contributed by atoms with Crippen molar-refractivity contribution >= 4 is 6.08 Å². The van der Waals surface area contributed by atoms with Gasteiger partial charge in [-0.15, -0.1) is 0 Å². The minimum absolute atomic E-state index is 0.260. The molecule has 2 rings (SSSR count). The summed E-state index contributed by atoms with van der Waals surface area (Å²) < 4.78 is 11.6. The fourth-order valence-electron chi connectivity index (χ4n) is 2.89. The summed E-state index contributed by atoms with van der Waals surface area (Å²) in [6, 6.07) is 4.54. The first kappa shape index (κ1) is 15.9. The van der Waals surface area contributed by atoms with Crippen LogP contribution in [0.5, 0.6) is 11.5 Å². The van der Waals surface area contributed by atoms with Crippen molar-refractivity contribution in [1.29, 1.82) is 0 Å². The quantitative estimate of drug-likeness (QED) is 0.807. The molecule has 1 heterocycles. The van der Waals surface area contributed by atoms with Gasteiger partial charge < -0.3 is 9.47 Å². The summed E-state index contributed by atoms with van der Waals surface area (Å²) in [5, 5.41) is 0. The van der Waals surface area contributed by atoms with E-state index < -0.39 is 0 Å². The highest BCUT2D eigenvalue weighted by molar-refractivity contribution is 5.64. The van der Waals surface area contributed by atoms with Crippen LogP contribution in [0.25, 0.3) is 6.08 Å². The molecule has 0 aliphatic carbocycles. The van der Waals surface area contributed by atoms with Crippen molar-refractivity contribution in [3.05, 3.63) is 29.3 Å². The lowest BCUT2D eigenvalue weighted by atomic mass is 9.97. The Morgan fingerprint density at radius 3 is 2.48 bits per heavy atom. The Kier molecular flexibility index (Phi) is 4.62. The molecule has 0 saturated heterocycles.